The number of benzene rings is 1. The summed E-state index contributed by atoms with van der Waals surface area (Å²) in [4.78, 5) is 18.6. The summed E-state index contributed by atoms with van der Waals surface area (Å²) in [5.74, 6) is -3.25. The number of likely N-dealkylation sites (N-methyl/N-ethyl adjacent to an activating group) is 2. The maximum atomic E-state index is 15.0. The Morgan fingerprint density at radius 2 is 1.66 bits per heavy atom. The van der Waals surface area contributed by atoms with Gasteiger partial charge in [0, 0.05) is 82.1 Å². The fourth-order valence-electron chi connectivity index (χ4n) is 13.4. The zero-order chi connectivity index (χ0) is 56.9. The largest absolute Gasteiger partial charge is 0.459 e. The molecule has 4 aliphatic rings. The van der Waals surface area contributed by atoms with E-state index in [-0.39, 0.29) is 43.4 Å². The van der Waals surface area contributed by atoms with Crippen LogP contribution in [0.25, 0.3) is 0 Å². The van der Waals surface area contributed by atoms with Crippen LogP contribution in [-0.4, -0.2) is 200 Å². The van der Waals surface area contributed by atoms with Gasteiger partial charge in [-0.2, -0.15) is 0 Å². The first-order valence-corrected chi connectivity index (χ1v) is 28.4. The molecule has 20 heteroatoms. The van der Waals surface area contributed by atoms with E-state index in [4.69, 9.17) is 34.2 Å². The number of aromatic nitrogens is 3. The van der Waals surface area contributed by atoms with Crippen LogP contribution >= 0.6 is 0 Å². The highest BCUT2D eigenvalue weighted by molar-refractivity contribution is 5.73. The Balaban J connectivity index is 1.24. The molecular formula is C57H98FN7O12. The van der Waals surface area contributed by atoms with Crippen LogP contribution in [0.1, 0.15) is 144 Å². The summed E-state index contributed by atoms with van der Waals surface area (Å²) in [5.41, 5.74) is 4.24. The summed E-state index contributed by atoms with van der Waals surface area (Å²) in [5, 5.41) is 72.7. The second-order valence-corrected chi connectivity index (χ2v) is 24.4. The van der Waals surface area contributed by atoms with Gasteiger partial charge in [-0.05, 0) is 117 Å². The fourth-order valence-corrected chi connectivity index (χ4v) is 13.4. The Bertz CT molecular complexity index is 2140. The molecule has 1 aromatic carbocycles. The number of carbonyl (C=O) groups is 1. The first kappa shape index (κ1) is 63.2. The van der Waals surface area contributed by atoms with Gasteiger partial charge in [0.15, 0.2) is 6.29 Å². The standard InChI is InChI=1S/C57H98FN7O12/c1-15-46-57(10,71)50(67)36(6)64(12)30-32(2)27-55(8,70)52(34(4)47(35(5)53(69)76-46)45-28-56(9,73-14)51(68)37(7)75-45)77-54-48(66)43(26-33(3)74-54)63(11)25-24-40-31-65(62-61-40)44(29-58)49(72-13)38-20-22-39(23-21-38)60-42-19-17-16-18-41(42)59/h20-23,31-37,41-52,54,60,66-68,70-71H,15-19,24-30,59H2,1-14H3/t32-,33-,34+,35-,36-,37+,41?,42?,43+,44-,45?,46-,47+,48-,49-,50-,51+,52-,54+,55-,56-,57-/m1/s1. The molecule has 4 heterocycles. The number of hydrogen-bond acceptors (Lipinski definition) is 18. The summed E-state index contributed by atoms with van der Waals surface area (Å²) < 4.78 is 54.7. The van der Waals surface area contributed by atoms with E-state index in [1.807, 2.05) is 68.9 Å². The molecule has 0 radical (unpaired) electrons. The molecule has 6 rings (SSSR count). The second-order valence-electron chi connectivity index (χ2n) is 24.4. The van der Waals surface area contributed by atoms with Gasteiger partial charge < -0.3 is 74.8 Å². The fraction of sp³-hybridized carbons (Fsp3) is 0.842. The summed E-state index contributed by atoms with van der Waals surface area (Å²) >= 11 is 0. The van der Waals surface area contributed by atoms with Gasteiger partial charge in [0.05, 0.1) is 47.2 Å². The number of nitrogens with zero attached hydrogens (tertiary/aromatic N) is 5. The van der Waals surface area contributed by atoms with Crippen molar-refractivity contribution in [3.63, 3.8) is 0 Å². The lowest BCUT2D eigenvalue weighted by atomic mass is 9.68. The monoisotopic (exact) mass is 1090 g/mol. The number of hydrogen-bond donors (Lipinski definition) is 7. The zero-order valence-electron chi connectivity index (χ0n) is 48.6. The molecule has 440 valence electrons. The van der Waals surface area contributed by atoms with Crippen LogP contribution < -0.4 is 11.1 Å². The number of nitrogens with two attached hydrogens (primary N) is 1. The van der Waals surface area contributed by atoms with Crippen LogP contribution in [0.3, 0.4) is 0 Å². The molecule has 2 aromatic rings. The quantitative estimate of drug-likeness (QED) is 0.110. The van der Waals surface area contributed by atoms with Crippen LogP contribution in [0.4, 0.5) is 10.1 Å². The minimum absolute atomic E-state index is 0.102. The van der Waals surface area contributed by atoms with E-state index in [0.29, 0.717) is 31.6 Å². The number of ether oxygens (including phenoxy) is 6. The third-order valence-electron chi connectivity index (χ3n) is 18.3. The van der Waals surface area contributed by atoms with Crippen molar-refractivity contribution >= 4 is 11.7 Å². The number of aliphatic hydroxyl groups is 5. The van der Waals surface area contributed by atoms with Crippen molar-refractivity contribution in [1.29, 1.82) is 0 Å². The van der Waals surface area contributed by atoms with E-state index in [1.54, 1.807) is 54.8 Å². The van der Waals surface area contributed by atoms with Crippen molar-refractivity contribution in [3.8, 4) is 0 Å². The van der Waals surface area contributed by atoms with Crippen LogP contribution in [0.15, 0.2) is 30.5 Å². The molecule has 3 aliphatic heterocycles. The number of cyclic esters (lactones) is 1. The summed E-state index contributed by atoms with van der Waals surface area (Å²) in [6.45, 7) is 18.0. The molecule has 1 saturated carbocycles. The molecule has 77 heavy (non-hydrogen) atoms. The van der Waals surface area contributed by atoms with E-state index in [2.05, 4.69) is 15.6 Å². The highest BCUT2D eigenvalue weighted by Gasteiger charge is 2.55. The number of rotatable bonds is 16. The predicted octanol–water partition coefficient (Wildman–Crippen LogP) is 4.96. The molecule has 19 nitrogen and oxygen atoms in total. The third kappa shape index (κ3) is 14.6. The predicted molar refractivity (Wildman–Crippen MR) is 291 cm³/mol. The summed E-state index contributed by atoms with van der Waals surface area (Å²) in [6, 6.07) is 6.31. The lowest BCUT2D eigenvalue weighted by Gasteiger charge is -2.51. The van der Waals surface area contributed by atoms with Crippen molar-refractivity contribution in [2.24, 2.45) is 29.4 Å². The number of anilines is 1. The zero-order valence-corrected chi connectivity index (χ0v) is 48.6. The highest BCUT2D eigenvalue weighted by Crippen LogP contribution is 2.45. The van der Waals surface area contributed by atoms with Gasteiger partial charge in [-0.25, -0.2) is 9.07 Å². The Morgan fingerprint density at radius 1 is 0.987 bits per heavy atom. The molecule has 1 aromatic heterocycles. The minimum atomic E-state index is -1.83. The van der Waals surface area contributed by atoms with Crippen LogP contribution in [0.2, 0.25) is 0 Å². The van der Waals surface area contributed by atoms with Crippen molar-refractivity contribution < 1.29 is 63.1 Å². The first-order chi connectivity index (χ1) is 36.2. The number of alkyl halides is 1. The molecule has 22 atom stereocenters. The number of halogens is 1. The molecule has 3 saturated heterocycles. The van der Waals surface area contributed by atoms with Crippen molar-refractivity contribution in [1.82, 2.24) is 24.8 Å². The van der Waals surface area contributed by atoms with Crippen molar-refractivity contribution in [2.75, 3.05) is 53.4 Å². The normalized spacial score (nSPS) is 41.3. The number of carbonyl (C=O) groups excluding carboxylic acids is 1. The van der Waals surface area contributed by atoms with Gasteiger partial charge >= 0.3 is 5.97 Å². The molecule has 4 fully saturated rings. The molecule has 1 aliphatic carbocycles. The van der Waals surface area contributed by atoms with Crippen molar-refractivity contribution in [2.45, 2.75) is 235 Å². The smallest absolute Gasteiger partial charge is 0.309 e. The second kappa shape index (κ2) is 26.7. The number of nitrogens with one attached hydrogen (secondary N) is 1. The summed E-state index contributed by atoms with van der Waals surface area (Å²) in [6.07, 6.45) is -1.88. The average Bonchev–Trinajstić information content (AvgIpc) is 3.89. The van der Waals surface area contributed by atoms with Gasteiger partial charge in [-0.1, -0.05) is 57.9 Å². The van der Waals surface area contributed by atoms with E-state index >= 15 is 0 Å². The molecule has 0 spiro atoms. The molecular weight excluding hydrogens is 994 g/mol. The van der Waals surface area contributed by atoms with Gasteiger partial charge in [0.25, 0.3) is 0 Å². The number of aliphatic hydroxyl groups excluding tert-OH is 3. The maximum absolute atomic E-state index is 15.0. The van der Waals surface area contributed by atoms with Gasteiger partial charge in [-0.3, -0.25) is 4.79 Å². The molecule has 0 bridgehead atoms. The molecule has 0 amide bonds. The van der Waals surface area contributed by atoms with Gasteiger partial charge in [-0.15, -0.1) is 5.10 Å². The Labute approximate surface area is 458 Å². The SMILES string of the molecule is CC[C@H]1OC(=O)[C@H](C)[C@@H](C2C[C@@](C)(OC)[C@@H](O)[C@H](C)O2)[C@H](C)[C@@H](O[C@@H]2O[C@H](C)C[C@H](N(C)CCc3cn([C@H](CF)[C@H](OC)c4ccc(NC5CCCCC5N)cc4)nn3)[C@H]2O)[C@](C)(O)C[C@@H](C)CN(C)[C@H](C)[C@@H](O)[C@]1(C)O. The minimum Gasteiger partial charge on any atom is -0.459 e. The van der Waals surface area contributed by atoms with E-state index < -0.39 is 120 Å². The summed E-state index contributed by atoms with van der Waals surface area (Å²) in [7, 11) is 6.84. The lowest BCUT2D eigenvalue weighted by Crippen LogP contribution is -2.62. The Morgan fingerprint density at radius 3 is 2.29 bits per heavy atom. The molecule has 8 N–H and O–H groups in total. The topological polar surface area (TPSA) is 249 Å². The highest BCUT2D eigenvalue weighted by atomic mass is 19.1. The lowest BCUT2D eigenvalue weighted by molar-refractivity contribution is -0.302. The first-order valence-electron chi connectivity index (χ1n) is 28.4. The Kier molecular flexibility index (Phi) is 22.0. The number of esters is 1. The molecule has 3 unspecified atom stereocenters. The van der Waals surface area contributed by atoms with Gasteiger partial charge in [0.1, 0.15) is 48.8 Å². The number of methoxy groups -OCH3 is 2. The van der Waals surface area contributed by atoms with E-state index in [1.165, 1.54) is 18.7 Å². The van der Waals surface area contributed by atoms with E-state index in [9.17, 15) is 34.7 Å². The maximum Gasteiger partial charge on any atom is 0.309 e. The van der Waals surface area contributed by atoms with Gasteiger partial charge in [0.2, 0.25) is 0 Å². The average molecular weight is 1090 g/mol. The van der Waals surface area contributed by atoms with E-state index in [0.717, 1.165) is 36.9 Å². The van der Waals surface area contributed by atoms with Crippen molar-refractivity contribution in [3.05, 3.63) is 41.7 Å². The third-order valence-corrected chi connectivity index (χ3v) is 18.3. The Hall–Kier alpha value is -2.96. The van der Waals surface area contributed by atoms with Crippen LogP contribution in [0, 0.1) is 23.7 Å². The van der Waals surface area contributed by atoms with Crippen LogP contribution in [0.5, 0.6) is 0 Å². The van der Waals surface area contributed by atoms with Crippen LogP contribution in [-0.2, 0) is 39.6 Å².